The number of H-pyrrole nitrogens is 1. The van der Waals surface area contributed by atoms with Crippen molar-refractivity contribution in [1.29, 1.82) is 0 Å². The van der Waals surface area contributed by atoms with Crippen LogP contribution in [0.4, 0.5) is 0 Å². The van der Waals surface area contributed by atoms with E-state index in [1.54, 1.807) is 24.3 Å². The molecule has 26 heavy (non-hydrogen) atoms. The molecule has 0 saturated carbocycles. The summed E-state index contributed by atoms with van der Waals surface area (Å²) in [5.41, 5.74) is 1.96. The Kier molecular flexibility index (Phi) is 5.25. The normalized spacial score (nSPS) is 11.2. The number of carbonyl (C=O) groups is 1. The van der Waals surface area contributed by atoms with Crippen LogP contribution in [0.3, 0.4) is 0 Å². The van der Waals surface area contributed by atoms with Crippen LogP contribution in [-0.4, -0.2) is 39.0 Å². The number of halogens is 2. The van der Waals surface area contributed by atoms with E-state index in [0.29, 0.717) is 32.6 Å². The summed E-state index contributed by atoms with van der Waals surface area (Å²) in [5.74, 6) is -0.443. The maximum atomic E-state index is 12.2. The second-order valence-electron chi connectivity index (χ2n) is 5.47. The first-order valence-corrected chi connectivity index (χ1v) is 8.25. The minimum atomic E-state index is -0.269. The first-order chi connectivity index (χ1) is 12.4. The monoisotopic (exact) mass is 389 g/mol. The van der Waals surface area contributed by atoms with Crippen molar-refractivity contribution in [2.45, 2.75) is 0 Å². The van der Waals surface area contributed by atoms with E-state index in [0.717, 1.165) is 0 Å². The molecule has 0 aliphatic heterocycles. The van der Waals surface area contributed by atoms with Gasteiger partial charge in [-0.15, -0.1) is 0 Å². The molecule has 6 nitrogen and oxygen atoms in total. The molecule has 0 aliphatic rings. The summed E-state index contributed by atoms with van der Waals surface area (Å²) in [6, 6.07) is 10.7. The van der Waals surface area contributed by atoms with Gasteiger partial charge in [0.25, 0.3) is 0 Å². The molecule has 3 aromatic rings. The summed E-state index contributed by atoms with van der Waals surface area (Å²) in [7, 11) is 0. The highest BCUT2D eigenvalue weighted by atomic mass is 35.5. The van der Waals surface area contributed by atoms with Crippen LogP contribution >= 0.6 is 23.2 Å². The minimum absolute atomic E-state index is 0.0872. The summed E-state index contributed by atoms with van der Waals surface area (Å²) in [6.07, 6.45) is 1.39. The third-order valence-corrected chi connectivity index (χ3v) is 4.03. The third-order valence-electron chi connectivity index (χ3n) is 3.49. The molecule has 0 fully saturated rings. The fraction of sp³-hybridized carbons (Fsp3) is 0.0556. The molecule has 1 aromatic heterocycles. The van der Waals surface area contributed by atoms with E-state index in [-0.39, 0.29) is 23.8 Å². The molecule has 3 rings (SSSR count). The fourth-order valence-corrected chi connectivity index (χ4v) is 2.82. The van der Waals surface area contributed by atoms with Gasteiger partial charge in [0.1, 0.15) is 23.7 Å². The molecule has 0 unspecified atom stereocenters. The Balaban J connectivity index is 1.71. The molecule has 1 heterocycles. The van der Waals surface area contributed by atoms with Gasteiger partial charge >= 0.3 is 0 Å². The predicted molar refractivity (Wildman–Crippen MR) is 101 cm³/mol. The molecule has 0 bridgehead atoms. The number of hydrogen-bond donors (Lipinski definition) is 3. The van der Waals surface area contributed by atoms with Crippen molar-refractivity contribution in [1.82, 2.24) is 10.2 Å². The highest BCUT2D eigenvalue weighted by Crippen LogP contribution is 2.29. The number of benzene rings is 2. The van der Waals surface area contributed by atoms with Gasteiger partial charge in [-0.05, 0) is 42.0 Å². The lowest BCUT2D eigenvalue weighted by Crippen LogP contribution is -2.04. The number of aromatic hydroxyl groups is 2. The molecule has 3 N–H and O–H groups in total. The standard InChI is InChI=1S/C18H13Cl2N3O3/c19-11-1-2-14(15(20)5-11)16-7-17(23-22-16)18(26)9-21-8-10-3-12(24)6-13(25)4-10/h1-8,24-25H,9H2,(H,22,23). The number of phenolic OH excluding ortho intramolecular Hbond substituents is 2. The van der Waals surface area contributed by atoms with Crippen LogP contribution in [0.1, 0.15) is 16.1 Å². The van der Waals surface area contributed by atoms with Gasteiger partial charge in [-0.3, -0.25) is 14.9 Å². The zero-order chi connectivity index (χ0) is 18.7. The second kappa shape index (κ2) is 7.59. The molecule has 0 atom stereocenters. The van der Waals surface area contributed by atoms with Crippen molar-refractivity contribution < 1.29 is 15.0 Å². The summed E-state index contributed by atoms with van der Waals surface area (Å²) in [6.45, 7) is -0.119. The first kappa shape index (κ1) is 18.0. The number of phenols is 2. The number of aromatic nitrogens is 2. The van der Waals surface area contributed by atoms with Crippen molar-refractivity contribution in [3.63, 3.8) is 0 Å². The number of nitrogens with one attached hydrogen (secondary N) is 1. The van der Waals surface area contributed by atoms with Crippen LogP contribution in [0.5, 0.6) is 11.5 Å². The van der Waals surface area contributed by atoms with Gasteiger partial charge < -0.3 is 10.2 Å². The average Bonchev–Trinajstić information content (AvgIpc) is 3.03. The lowest BCUT2D eigenvalue weighted by atomic mass is 10.1. The fourth-order valence-electron chi connectivity index (χ4n) is 2.31. The summed E-state index contributed by atoms with van der Waals surface area (Å²) >= 11 is 12.0. The minimum Gasteiger partial charge on any atom is -0.508 e. The van der Waals surface area contributed by atoms with Crippen LogP contribution in [0.2, 0.25) is 10.0 Å². The summed E-state index contributed by atoms with van der Waals surface area (Å²) in [5, 5.41) is 26.5. The zero-order valence-electron chi connectivity index (χ0n) is 13.3. The van der Waals surface area contributed by atoms with Crippen molar-refractivity contribution in [3.05, 3.63) is 63.8 Å². The number of carbonyl (C=O) groups excluding carboxylic acids is 1. The summed E-state index contributed by atoms with van der Waals surface area (Å²) in [4.78, 5) is 16.2. The highest BCUT2D eigenvalue weighted by Gasteiger charge is 2.12. The topological polar surface area (TPSA) is 98.6 Å². The number of nitrogens with zero attached hydrogens (tertiary/aromatic N) is 2. The van der Waals surface area contributed by atoms with Crippen molar-refractivity contribution in [2.24, 2.45) is 4.99 Å². The highest BCUT2D eigenvalue weighted by molar-refractivity contribution is 6.36. The maximum Gasteiger partial charge on any atom is 0.201 e. The number of ketones is 1. The van der Waals surface area contributed by atoms with E-state index in [1.807, 2.05) is 0 Å². The van der Waals surface area contributed by atoms with Gasteiger partial charge in [0, 0.05) is 22.9 Å². The Hall–Kier alpha value is -2.83. The van der Waals surface area contributed by atoms with Crippen molar-refractivity contribution in [2.75, 3.05) is 6.54 Å². The van der Waals surface area contributed by atoms with E-state index in [9.17, 15) is 15.0 Å². The number of hydrogen-bond acceptors (Lipinski definition) is 5. The maximum absolute atomic E-state index is 12.2. The van der Waals surface area contributed by atoms with E-state index >= 15 is 0 Å². The lowest BCUT2D eigenvalue weighted by Gasteiger charge is -2.00. The number of aliphatic imine (C=N–C) groups is 1. The molecule has 0 radical (unpaired) electrons. The largest absolute Gasteiger partial charge is 0.508 e. The number of rotatable bonds is 5. The van der Waals surface area contributed by atoms with Crippen LogP contribution in [0.15, 0.2) is 47.5 Å². The van der Waals surface area contributed by atoms with Gasteiger partial charge in [0.05, 0.1) is 10.7 Å². The number of aromatic amines is 1. The van der Waals surface area contributed by atoms with Crippen LogP contribution in [0.25, 0.3) is 11.3 Å². The molecule has 2 aromatic carbocycles. The smallest absolute Gasteiger partial charge is 0.201 e. The molecule has 132 valence electrons. The van der Waals surface area contributed by atoms with Crippen molar-refractivity contribution in [3.8, 4) is 22.8 Å². The lowest BCUT2D eigenvalue weighted by molar-refractivity contribution is 0.0997. The van der Waals surface area contributed by atoms with Gasteiger partial charge in [-0.25, -0.2) is 0 Å². The molecular formula is C18H13Cl2N3O3. The van der Waals surface area contributed by atoms with Gasteiger partial charge in [-0.2, -0.15) is 5.10 Å². The van der Waals surface area contributed by atoms with E-state index < -0.39 is 0 Å². The molecule has 0 saturated heterocycles. The molecule has 8 heteroatoms. The molecule has 0 aliphatic carbocycles. The van der Waals surface area contributed by atoms with Gasteiger partial charge in [0.15, 0.2) is 0 Å². The quantitative estimate of drug-likeness (QED) is 0.451. The summed E-state index contributed by atoms with van der Waals surface area (Å²) < 4.78 is 0. The van der Waals surface area contributed by atoms with Crippen molar-refractivity contribution >= 4 is 35.2 Å². The van der Waals surface area contributed by atoms with Gasteiger partial charge in [-0.1, -0.05) is 23.2 Å². The third kappa shape index (κ3) is 4.22. The molecular weight excluding hydrogens is 377 g/mol. The zero-order valence-corrected chi connectivity index (χ0v) is 14.8. The second-order valence-corrected chi connectivity index (χ2v) is 6.31. The molecule has 0 amide bonds. The Morgan fingerprint density at radius 1 is 1.12 bits per heavy atom. The van der Waals surface area contributed by atoms with Crippen LogP contribution in [-0.2, 0) is 0 Å². The average molecular weight is 390 g/mol. The van der Waals surface area contributed by atoms with Gasteiger partial charge in [0.2, 0.25) is 5.78 Å². The Bertz CT molecular complexity index is 979. The predicted octanol–water partition coefficient (Wildman–Crippen LogP) is 4.10. The molecule has 0 spiro atoms. The Morgan fingerprint density at radius 2 is 1.85 bits per heavy atom. The first-order valence-electron chi connectivity index (χ1n) is 7.49. The van der Waals surface area contributed by atoms with E-state index in [4.69, 9.17) is 23.2 Å². The SMILES string of the molecule is O=C(CN=Cc1cc(O)cc(O)c1)c1cc(-c2ccc(Cl)cc2Cl)n[nH]1. The Labute approximate surface area is 158 Å². The van der Waals surface area contributed by atoms with Crippen LogP contribution in [0, 0.1) is 0 Å². The Morgan fingerprint density at radius 3 is 2.54 bits per heavy atom. The van der Waals surface area contributed by atoms with E-state index in [2.05, 4.69) is 15.2 Å². The number of Topliss-reactive ketones (excluding diaryl/α,β-unsaturated/α-hetero) is 1. The van der Waals surface area contributed by atoms with E-state index in [1.165, 1.54) is 24.4 Å². The van der Waals surface area contributed by atoms with Crippen LogP contribution < -0.4 is 0 Å².